The molecule has 0 amide bonds. The molecule has 0 saturated carbocycles. The van der Waals surface area contributed by atoms with E-state index in [2.05, 4.69) is 0 Å². The van der Waals surface area contributed by atoms with E-state index >= 15 is 0 Å². The summed E-state index contributed by atoms with van der Waals surface area (Å²) in [7, 11) is -4.64. The van der Waals surface area contributed by atoms with Gasteiger partial charge in [-0.2, -0.15) is 0 Å². The molecular formula is H3O5PYb. The summed E-state index contributed by atoms with van der Waals surface area (Å²) in [6.07, 6.45) is 0. The Labute approximate surface area is 71.2 Å². The van der Waals surface area contributed by atoms with Crippen molar-refractivity contribution in [2.24, 2.45) is 0 Å². The van der Waals surface area contributed by atoms with E-state index in [1.807, 2.05) is 0 Å². The first-order chi connectivity index (χ1) is 3.00. The zero-order chi connectivity index (χ0) is 6.50. The van der Waals surface area contributed by atoms with Crippen LogP contribution in [-0.4, -0.2) is 14.7 Å². The molecule has 0 radical (unpaired) electrons. The molecule has 0 aromatic heterocycles. The van der Waals surface area contributed by atoms with Gasteiger partial charge in [0, 0.05) is 0 Å². The van der Waals surface area contributed by atoms with Gasteiger partial charge in [0.2, 0.25) is 0 Å². The molecule has 0 aliphatic carbocycles. The normalized spacial score (nSPS) is 9.29. The van der Waals surface area contributed by atoms with Crippen LogP contribution in [0.1, 0.15) is 0 Å². The maximum absolute atomic E-state index is 8.88. The van der Waals surface area contributed by atoms with Crippen molar-refractivity contribution in [2.75, 3.05) is 0 Å². The summed E-state index contributed by atoms with van der Waals surface area (Å²) in [5.41, 5.74) is 0. The fraction of sp³-hybridized carbons (Fsp3) is 0. The fourth-order valence-electron chi connectivity index (χ4n) is 0. The molecule has 0 bridgehead atoms. The van der Waals surface area contributed by atoms with Crippen LogP contribution < -0.4 is 0 Å². The third-order valence-corrected chi connectivity index (χ3v) is 0. The van der Waals surface area contributed by atoms with Gasteiger partial charge in [-0.25, -0.2) is 4.57 Å². The molecule has 3 N–H and O–H groups in total. The van der Waals surface area contributed by atoms with Crippen LogP contribution in [-0.2, 0) is 4.85 Å². The molecule has 5 nitrogen and oxygen atoms in total. The molecule has 7 heteroatoms. The molecule has 0 rings (SSSR count). The minimum absolute atomic E-state index is 1.44. The van der Waals surface area contributed by atoms with Crippen molar-refractivity contribution in [1.82, 2.24) is 0 Å². The van der Waals surface area contributed by atoms with Gasteiger partial charge in [-0.3, -0.25) is 0 Å². The van der Waals surface area contributed by atoms with E-state index in [1.54, 1.807) is 0 Å². The van der Waals surface area contributed by atoms with E-state index in [0.717, 1.165) is 0 Å². The van der Waals surface area contributed by atoms with Gasteiger partial charge in [-0.05, 0) is 0 Å². The van der Waals surface area contributed by atoms with Gasteiger partial charge in [-0.1, -0.05) is 0 Å². The number of hydrogen-bond acceptors (Lipinski definition) is 2. The van der Waals surface area contributed by atoms with Crippen molar-refractivity contribution < 1.29 is 64.3 Å². The Morgan fingerprint density at radius 3 is 1.14 bits per heavy atom. The molecule has 0 heterocycles. The molecule has 0 unspecified atom stereocenters. The molecule has 7 heavy (non-hydrogen) atoms. The zero-order valence-electron chi connectivity index (χ0n) is 2.87. The summed E-state index contributed by atoms with van der Waals surface area (Å²) >= 11 is 1.44. The predicted octanol–water partition coefficient (Wildman–Crippen LogP) is -1.05. The van der Waals surface area contributed by atoms with Crippen LogP contribution in [0.15, 0.2) is 0 Å². The third-order valence-electron chi connectivity index (χ3n) is 0. The van der Waals surface area contributed by atoms with Crippen LogP contribution >= 0.6 is 7.82 Å². The van der Waals surface area contributed by atoms with Gasteiger partial charge in [-0.15, -0.1) is 0 Å². The van der Waals surface area contributed by atoms with Crippen LogP contribution in [0, 0.1) is 44.8 Å². The molecule has 0 aromatic rings. The van der Waals surface area contributed by atoms with E-state index < -0.39 is 7.82 Å². The topological polar surface area (TPSA) is 94.8 Å². The van der Waals surface area contributed by atoms with Crippen molar-refractivity contribution in [3.8, 4) is 0 Å². The summed E-state index contributed by atoms with van der Waals surface area (Å²) in [4.78, 5) is 21.6. The van der Waals surface area contributed by atoms with Crippen molar-refractivity contribution in [2.45, 2.75) is 0 Å². The summed E-state index contributed by atoms with van der Waals surface area (Å²) < 4.78 is 17.0. The third kappa shape index (κ3) is 107. The first kappa shape index (κ1) is 11.3. The molecule has 0 fully saturated rings. The van der Waals surface area contributed by atoms with Crippen LogP contribution in [0.25, 0.3) is 0 Å². The number of phosphoric acid groups is 1. The Morgan fingerprint density at radius 2 is 1.14 bits per heavy atom. The van der Waals surface area contributed by atoms with Gasteiger partial charge in [0.05, 0.1) is 0 Å². The Balaban J connectivity index is 0. The van der Waals surface area contributed by atoms with Gasteiger partial charge >= 0.3 is 52.9 Å². The molecule has 0 atom stereocenters. The van der Waals surface area contributed by atoms with Gasteiger partial charge in [0.25, 0.3) is 0 Å². The zero-order valence-corrected chi connectivity index (χ0v) is 5.48. The standard InChI is InChI=1S/H3O4P.O.Yb/c1-5(2,3)4;;/h(H3,1,2,3,4);;. The predicted molar refractivity (Wildman–Crippen MR) is 14.9 cm³/mol. The van der Waals surface area contributed by atoms with E-state index in [1.165, 1.54) is 44.8 Å². The maximum atomic E-state index is 8.88. The van der Waals surface area contributed by atoms with Gasteiger partial charge in [0.15, 0.2) is 0 Å². The molecule has 0 spiro atoms. The Kier molecular flexibility index (Phi) is 8.95. The second-order valence-corrected chi connectivity index (χ2v) is 1.54. The minimum atomic E-state index is -4.64. The average molecular weight is 287 g/mol. The van der Waals surface area contributed by atoms with Crippen molar-refractivity contribution in [1.29, 1.82) is 0 Å². The van der Waals surface area contributed by atoms with Crippen LogP contribution in [0.3, 0.4) is 0 Å². The second kappa shape index (κ2) is 5.56. The summed E-state index contributed by atoms with van der Waals surface area (Å²) in [5, 5.41) is 0. The van der Waals surface area contributed by atoms with Crippen LogP contribution in [0.5, 0.6) is 0 Å². The molecule has 0 aliphatic rings. The number of rotatable bonds is 0. The van der Waals surface area contributed by atoms with Crippen LogP contribution in [0.4, 0.5) is 0 Å². The summed E-state index contributed by atoms with van der Waals surface area (Å²) in [6, 6.07) is 0. The SMILES string of the molecule is O=P(O)(O)O.[O]=[Yb]. The molecule has 52 valence electrons. The molecule has 0 saturated heterocycles. The average Bonchev–Trinajstić information content (AvgIpc) is 1.36. The first-order valence-electron chi connectivity index (χ1n) is 0.892. The van der Waals surface area contributed by atoms with Crippen molar-refractivity contribution in [3.05, 3.63) is 0 Å². The fourth-order valence-corrected chi connectivity index (χ4v) is 0. The van der Waals surface area contributed by atoms with Crippen molar-refractivity contribution in [3.63, 3.8) is 0 Å². The Morgan fingerprint density at radius 1 is 1.14 bits per heavy atom. The number of hydrogen-bond donors (Lipinski definition) is 3. The van der Waals surface area contributed by atoms with E-state index in [9.17, 15) is 0 Å². The quantitative estimate of drug-likeness (QED) is 0.494. The summed E-state index contributed by atoms with van der Waals surface area (Å²) in [6.45, 7) is 0. The monoisotopic (exact) mass is 288 g/mol. The van der Waals surface area contributed by atoms with Crippen LogP contribution in [0.2, 0.25) is 0 Å². The van der Waals surface area contributed by atoms with Gasteiger partial charge < -0.3 is 14.7 Å². The van der Waals surface area contributed by atoms with E-state index in [4.69, 9.17) is 19.5 Å². The molecular weight excluding hydrogens is 284 g/mol. The second-order valence-electron chi connectivity index (χ2n) is 0.513. The molecule has 0 aliphatic heterocycles. The molecule has 0 aromatic carbocycles. The Hall–Kier alpha value is 1.43. The summed E-state index contributed by atoms with van der Waals surface area (Å²) in [5.74, 6) is 0. The van der Waals surface area contributed by atoms with Gasteiger partial charge in [0.1, 0.15) is 0 Å². The Bertz CT molecular complexity index is 63.9. The van der Waals surface area contributed by atoms with E-state index in [-0.39, 0.29) is 0 Å². The van der Waals surface area contributed by atoms with E-state index in [0.29, 0.717) is 0 Å². The van der Waals surface area contributed by atoms with Crippen molar-refractivity contribution >= 4 is 7.82 Å². The first-order valence-corrected chi connectivity index (χ1v) is 3.16.